The topological polar surface area (TPSA) is 49.3 Å². The lowest BCUT2D eigenvalue weighted by Gasteiger charge is -2.28. The molecule has 76 valence electrons. The number of nitrogens with one attached hydrogen (secondary N) is 1. The molecule has 0 spiro atoms. The molecule has 0 radical (unpaired) electrons. The molecule has 0 bridgehead atoms. The van der Waals surface area contributed by atoms with E-state index in [0.717, 1.165) is 19.3 Å². The molecule has 0 saturated heterocycles. The highest BCUT2D eigenvalue weighted by Gasteiger charge is 2.38. The van der Waals surface area contributed by atoms with Gasteiger partial charge in [-0.1, -0.05) is 6.92 Å². The van der Waals surface area contributed by atoms with Crippen LogP contribution in [0.25, 0.3) is 0 Å². The van der Waals surface area contributed by atoms with Crippen LogP contribution in [0.3, 0.4) is 0 Å². The van der Waals surface area contributed by atoms with E-state index < -0.39 is 5.97 Å². The molecule has 2 N–H and O–H groups in total. The summed E-state index contributed by atoms with van der Waals surface area (Å²) < 4.78 is 0. The number of hydrogen-bond acceptors (Lipinski definition) is 2. The van der Waals surface area contributed by atoms with E-state index >= 15 is 0 Å². The Morgan fingerprint density at radius 3 is 2.46 bits per heavy atom. The Morgan fingerprint density at radius 2 is 2.15 bits per heavy atom. The van der Waals surface area contributed by atoms with E-state index in [2.05, 4.69) is 12.2 Å². The summed E-state index contributed by atoms with van der Waals surface area (Å²) in [5.74, 6) is -0.340. The third-order valence-corrected chi connectivity index (χ3v) is 2.79. The van der Waals surface area contributed by atoms with E-state index in [0.29, 0.717) is 5.92 Å². The zero-order chi connectivity index (χ0) is 10.1. The normalized spacial score (nSPS) is 19.9. The molecular formula is C10H19NO2. The number of carboxylic acid groups (broad SMARTS) is 1. The maximum atomic E-state index is 10.9. The third-order valence-electron chi connectivity index (χ3n) is 2.79. The van der Waals surface area contributed by atoms with Gasteiger partial charge < -0.3 is 5.11 Å². The Hall–Kier alpha value is -0.570. The van der Waals surface area contributed by atoms with Crippen molar-refractivity contribution in [1.29, 1.82) is 0 Å². The first-order valence-electron chi connectivity index (χ1n) is 4.97. The van der Waals surface area contributed by atoms with Gasteiger partial charge in [0.05, 0.1) is 0 Å². The molecule has 1 atom stereocenters. The monoisotopic (exact) mass is 185 g/mol. The molecule has 0 heterocycles. The summed E-state index contributed by atoms with van der Waals surface area (Å²) in [4.78, 5) is 10.9. The summed E-state index contributed by atoms with van der Waals surface area (Å²) >= 11 is 0. The summed E-state index contributed by atoms with van der Waals surface area (Å²) in [6.07, 6.45) is 3.07. The summed E-state index contributed by atoms with van der Waals surface area (Å²) in [6, 6.07) is -0.338. The smallest absolute Gasteiger partial charge is 0.320 e. The van der Waals surface area contributed by atoms with Crippen molar-refractivity contribution in [3.8, 4) is 0 Å². The Kier molecular flexibility index (Phi) is 2.96. The zero-order valence-corrected chi connectivity index (χ0v) is 8.63. The summed E-state index contributed by atoms with van der Waals surface area (Å²) in [5, 5.41) is 12.2. The van der Waals surface area contributed by atoms with Gasteiger partial charge in [-0.05, 0) is 39.0 Å². The van der Waals surface area contributed by atoms with Crippen molar-refractivity contribution in [2.45, 2.75) is 51.6 Å². The lowest BCUT2D eigenvalue weighted by Crippen LogP contribution is -2.50. The van der Waals surface area contributed by atoms with E-state index in [1.165, 1.54) is 0 Å². The quantitative estimate of drug-likeness (QED) is 0.684. The largest absolute Gasteiger partial charge is 0.480 e. The second-order valence-corrected chi connectivity index (χ2v) is 4.54. The molecule has 13 heavy (non-hydrogen) atoms. The van der Waals surface area contributed by atoms with Crippen LogP contribution < -0.4 is 5.32 Å². The predicted octanol–water partition coefficient (Wildman–Crippen LogP) is 1.63. The van der Waals surface area contributed by atoms with Crippen LogP contribution in [0.1, 0.15) is 40.0 Å². The lowest BCUT2D eigenvalue weighted by molar-refractivity contribution is -0.140. The molecule has 0 amide bonds. The first-order chi connectivity index (χ1) is 5.96. The molecule has 0 aromatic rings. The van der Waals surface area contributed by atoms with E-state index in [-0.39, 0.29) is 11.6 Å². The molecule has 0 aromatic carbocycles. The minimum atomic E-state index is -0.705. The standard InChI is InChI=1S/C10H19NO2/c1-4-10(2,3)11-8(9(12)13)7-5-6-7/h7-8,11H,4-6H2,1-3H3,(H,12,13). The van der Waals surface area contributed by atoms with Crippen molar-refractivity contribution in [2.24, 2.45) is 5.92 Å². The van der Waals surface area contributed by atoms with Crippen molar-refractivity contribution in [2.75, 3.05) is 0 Å². The zero-order valence-electron chi connectivity index (χ0n) is 8.63. The number of rotatable bonds is 5. The lowest BCUT2D eigenvalue weighted by atomic mass is 9.99. The van der Waals surface area contributed by atoms with Crippen LogP contribution in [-0.4, -0.2) is 22.7 Å². The highest BCUT2D eigenvalue weighted by Crippen LogP contribution is 2.33. The van der Waals surface area contributed by atoms with Gasteiger partial charge >= 0.3 is 5.97 Å². The average Bonchev–Trinajstić information content (AvgIpc) is 2.82. The molecule has 3 heteroatoms. The van der Waals surface area contributed by atoms with Crippen molar-refractivity contribution >= 4 is 5.97 Å². The maximum absolute atomic E-state index is 10.9. The molecule has 1 saturated carbocycles. The fraction of sp³-hybridized carbons (Fsp3) is 0.900. The summed E-state index contributed by atoms with van der Waals surface area (Å²) in [6.45, 7) is 6.16. The van der Waals surface area contributed by atoms with Gasteiger partial charge in [0.2, 0.25) is 0 Å². The van der Waals surface area contributed by atoms with Crippen molar-refractivity contribution in [3.05, 3.63) is 0 Å². The number of carboxylic acids is 1. The van der Waals surface area contributed by atoms with Crippen molar-refractivity contribution < 1.29 is 9.90 Å². The third kappa shape index (κ3) is 2.99. The predicted molar refractivity (Wildman–Crippen MR) is 51.7 cm³/mol. The number of carbonyl (C=O) groups is 1. The molecule has 0 aromatic heterocycles. The SMILES string of the molecule is CCC(C)(C)NC(C(=O)O)C1CC1. The Balaban J connectivity index is 2.51. The van der Waals surface area contributed by atoms with Crippen LogP contribution in [-0.2, 0) is 4.79 Å². The summed E-state index contributed by atoms with van der Waals surface area (Å²) in [7, 11) is 0. The van der Waals surface area contributed by atoms with Gasteiger partial charge in [0, 0.05) is 5.54 Å². The second kappa shape index (κ2) is 3.66. The molecule has 1 unspecified atom stereocenters. The number of hydrogen-bond donors (Lipinski definition) is 2. The first-order valence-corrected chi connectivity index (χ1v) is 4.97. The van der Waals surface area contributed by atoms with E-state index in [1.807, 2.05) is 13.8 Å². The van der Waals surface area contributed by atoms with E-state index in [1.54, 1.807) is 0 Å². The molecule has 0 aliphatic heterocycles. The van der Waals surface area contributed by atoms with Crippen LogP contribution >= 0.6 is 0 Å². The van der Waals surface area contributed by atoms with Crippen molar-refractivity contribution in [1.82, 2.24) is 5.32 Å². The van der Waals surface area contributed by atoms with Gasteiger partial charge in [0.25, 0.3) is 0 Å². The van der Waals surface area contributed by atoms with Crippen LogP contribution in [0.4, 0.5) is 0 Å². The Labute approximate surface area is 79.5 Å². The molecule has 3 nitrogen and oxygen atoms in total. The minimum Gasteiger partial charge on any atom is -0.480 e. The highest BCUT2D eigenvalue weighted by atomic mass is 16.4. The van der Waals surface area contributed by atoms with Crippen LogP contribution in [0, 0.1) is 5.92 Å². The van der Waals surface area contributed by atoms with Gasteiger partial charge in [-0.15, -0.1) is 0 Å². The van der Waals surface area contributed by atoms with E-state index in [9.17, 15) is 4.79 Å². The van der Waals surface area contributed by atoms with Crippen LogP contribution in [0.2, 0.25) is 0 Å². The van der Waals surface area contributed by atoms with Gasteiger partial charge in [-0.25, -0.2) is 0 Å². The van der Waals surface area contributed by atoms with Crippen LogP contribution in [0.15, 0.2) is 0 Å². The van der Waals surface area contributed by atoms with E-state index in [4.69, 9.17) is 5.11 Å². The van der Waals surface area contributed by atoms with Gasteiger partial charge in [0.15, 0.2) is 0 Å². The van der Waals surface area contributed by atoms with Gasteiger partial charge in [0.1, 0.15) is 6.04 Å². The average molecular weight is 185 g/mol. The number of aliphatic carboxylic acids is 1. The Morgan fingerprint density at radius 1 is 1.62 bits per heavy atom. The summed E-state index contributed by atoms with van der Waals surface area (Å²) in [5.41, 5.74) is -0.0638. The molecular weight excluding hydrogens is 166 g/mol. The fourth-order valence-corrected chi connectivity index (χ4v) is 1.33. The molecule has 1 aliphatic rings. The van der Waals surface area contributed by atoms with Crippen molar-refractivity contribution in [3.63, 3.8) is 0 Å². The minimum absolute atomic E-state index is 0.0638. The van der Waals surface area contributed by atoms with Gasteiger partial charge in [-0.2, -0.15) is 0 Å². The molecule has 1 aliphatic carbocycles. The first kappa shape index (κ1) is 10.5. The molecule has 1 rings (SSSR count). The highest BCUT2D eigenvalue weighted by molar-refractivity contribution is 5.74. The Bertz CT molecular complexity index is 197. The second-order valence-electron chi connectivity index (χ2n) is 4.54. The molecule has 1 fully saturated rings. The fourth-order valence-electron chi connectivity index (χ4n) is 1.33. The van der Waals surface area contributed by atoms with Gasteiger partial charge in [-0.3, -0.25) is 10.1 Å². The maximum Gasteiger partial charge on any atom is 0.320 e. The van der Waals surface area contributed by atoms with Crippen LogP contribution in [0.5, 0.6) is 0 Å².